The Balaban J connectivity index is 2.28. The van der Waals surface area contributed by atoms with Crippen LogP contribution in [0, 0.1) is 11.3 Å². The van der Waals surface area contributed by atoms with Crippen molar-refractivity contribution in [3.8, 4) is 0 Å². The van der Waals surface area contributed by atoms with Gasteiger partial charge >= 0.3 is 5.97 Å². The summed E-state index contributed by atoms with van der Waals surface area (Å²) in [6, 6.07) is 0. The molecule has 62 valence electrons. The van der Waals surface area contributed by atoms with Crippen LogP contribution in [-0.4, -0.2) is 18.9 Å². The highest BCUT2D eigenvalue weighted by molar-refractivity contribution is 5.66. The Labute approximate surface area is 65.7 Å². The van der Waals surface area contributed by atoms with Gasteiger partial charge in [-0.2, -0.15) is 0 Å². The Bertz CT molecular complexity index is 188. The van der Waals surface area contributed by atoms with Crippen molar-refractivity contribution in [1.82, 2.24) is 0 Å². The average Bonchev–Trinajstić information content (AvgIpc) is 2.59. The molecule has 3 heteroatoms. The number of esters is 1. The first-order chi connectivity index (χ1) is 5.08. The van der Waals surface area contributed by atoms with Gasteiger partial charge in [-0.15, -0.1) is 0 Å². The molecule has 0 amide bonds. The molecule has 2 atom stereocenters. The molecule has 1 saturated carbocycles. The van der Waals surface area contributed by atoms with Crippen molar-refractivity contribution >= 4 is 12.3 Å². The van der Waals surface area contributed by atoms with Gasteiger partial charge in [0, 0.05) is 18.3 Å². The number of rotatable bonds is 3. The SMILES string of the molecule is CC(=O)OCC1(C)C[C@H]1C=O. The number of carbonyl (C=O) groups is 2. The Kier molecular flexibility index (Phi) is 1.98. The van der Waals surface area contributed by atoms with Crippen LogP contribution in [0.25, 0.3) is 0 Å². The number of hydrogen-bond acceptors (Lipinski definition) is 3. The highest BCUT2D eigenvalue weighted by atomic mass is 16.5. The van der Waals surface area contributed by atoms with E-state index in [1.165, 1.54) is 6.92 Å². The van der Waals surface area contributed by atoms with E-state index in [-0.39, 0.29) is 17.3 Å². The zero-order chi connectivity index (χ0) is 8.48. The molecule has 0 heterocycles. The molecule has 0 aromatic rings. The Morgan fingerprint density at radius 2 is 2.45 bits per heavy atom. The molecule has 1 rings (SSSR count). The van der Waals surface area contributed by atoms with E-state index < -0.39 is 0 Å². The van der Waals surface area contributed by atoms with E-state index in [1.54, 1.807) is 0 Å². The van der Waals surface area contributed by atoms with E-state index in [2.05, 4.69) is 0 Å². The van der Waals surface area contributed by atoms with Gasteiger partial charge in [-0.1, -0.05) is 6.92 Å². The molecule has 1 fully saturated rings. The molecule has 3 nitrogen and oxygen atoms in total. The highest BCUT2D eigenvalue weighted by Crippen LogP contribution is 2.50. The van der Waals surface area contributed by atoms with Crippen LogP contribution in [0.3, 0.4) is 0 Å². The van der Waals surface area contributed by atoms with Gasteiger partial charge in [0.15, 0.2) is 0 Å². The Morgan fingerprint density at radius 1 is 1.82 bits per heavy atom. The van der Waals surface area contributed by atoms with E-state index in [0.29, 0.717) is 6.61 Å². The van der Waals surface area contributed by atoms with Crippen LogP contribution in [-0.2, 0) is 14.3 Å². The van der Waals surface area contributed by atoms with E-state index in [4.69, 9.17) is 4.74 Å². The predicted octanol–water partition coefficient (Wildman–Crippen LogP) is 0.775. The van der Waals surface area contributed by atoms with Gasteiger partial charge in [-0.3, -0.25) is 4.79 Å². The third-order valence-electron chi connectivity index (χ3n) is 2.19. The molecular weight excluding hydrogens is 144 g/mol. The van der Waals surface area contributed by atoms with Crippen LogP contribution in [0.1, 0.15) is 20.3 Å². The summed E-state index contributed by atoms with van der Waals surface area (Å²) in [7, 11) is 0. The van der Waals surface area contributed by atoms with E-state index in [9.17, 15) is 9.59 Å². The molecule has 0 aliphatic heterocycles. The first kappa shape index (κ1) is 8.24. The lowest BCUT2D eigenvalue weighted by molar-refractivity contribution is -0.143. The highest BCUT2D eigenvalue weighted by Gasteiger charge is 2.50. The summed E-state index contributed by atoms with van der Waals surface area (Å²) >= 11 is 0. The Hall–Kier alpha value is -0.860. The van der Waals surface area contributed by atoms with Crippen molar-refractivity contribution in [3.63, 3.8) is 0 Å². The fourth-order valence-corrected chi connectivity index (χ4v) is 1.09. The Morgan fingerprint density at radius 3 is 2.82 bits per heavy atom. The van der Waals surface area contributed by atoms with Gasteiger partial charge in [0.25, 0.3) is 0 Å². The third kappa shape index (κ3) is 1.79. The second kappa shape index (κ2) is 2.64. The predicted molar refractivity (Wildman–Crippen MR) is 38.9 cm³/mol. The topological polar surface area (TPSA) is 43.4 Å². The minimum absolute atomic E-state index is 0.0621. The van der Waals surface area contributed by atoms with E-state index in [1.807, 2.05) is 6.92 Å². The standard InChI is InChI=1S/C8H12O3/c1-6(10)11-5-8(2)3-7(8)4-9/h4,7H,3,5H2,1-2H3/t7-,8?/m0/s1. The zero-order valence-electron chi connectivity index (χ0n) is 6.79. The van der Waals surface area contributed by atoms with Crippen molar-refractivity contribution in [2.75, 3.05) is 6.61 Å². The lowest BCUT2D eigenvalue weighted by Crippen LogP contribution is -2.12. The quantitative estimate of drug-likeness (QED) is 0.448. The number of carbonyl (C=O) groups excluding carboxylic acids is 2. The van der Waals surface area contributed by atoms with E-state index >= 15 is 0 Å². The minimum Gasteiger partial charge on any atom is -0.465 e. The van der Waals surface area contributed by atoms with Gasteiger partial charge in [0.05, 0.1) is 6.61 Å². The second-order valence-corrected chi connectivity index (χ2v) is 3.38. The monoisotopic (exact) mass is 156 g/mol. The summed E-state index contributed by atoms with van der Waals surface area (Å²) in [5.74, 6) is -0.176. The normalized spacial score (nSPS) is 34.5. The maximum atomic E-state index is 10.4. The molecule has 0 spiro atoms. The van der Waals surface area contributed by atoms with Crippen molar-refractivity contribution in [1.29, 1.82) is 0 Å². The zero-order valence-corrected chi connectivity index (χ0v) is 6.79. The first-order valence-corrected chi connectivity index (χ1v) is 3.67. The molecule has 11 heavy (non-hydrogen) atoms. The van der Waals surface area contributed by atoms with Crippen LogP contribution >= 0.6 is 0 Å². The van der Waals surface area contributed by atoms with Crippen molar-refractivity contribution < 1.29 is 14.3 Å². The summed E-state index contributed by atoms with van der Waals surface area (Å²) in [4.78, 5) is 20.7. The average molecular weight is 156 g/mol. The first-order valence-electron chi connectivity index (χ1n) is 3.67. The summed E-state index contributed by atoms with van der Waals surface area (Å²) < 4.78 is 4.80. The van der Waals surface area contributed by atoms with Crippen LogP contribution in [0.4, 0.5) is 0 Å². The van der Waals surface area contributed by atoms with Crippen LogP contribution in [0.5, 0.6) is 0 Å². The van der Waals surface area contributed by atoms with Gasteiger partial charge in [0.2, 0.25) is 0 Å². The van der Waals surface area contributed by atoms with Crippen molar-refractivity contribution in [2.45, 2.75) is 20.3 Å². The van der Waals surface area contributed by atoms with Gasteiger partial charge in [-0.05, 0) is 6.42 Å². The van der Waals surface area contributed by atoms with Crippen LogP contribution < -0.4 is 0 Å². The molecule has 0 aromatic heterocycles. The van der Waals surface area contributed by atoms with Gasteiger partial charge in [-0.25, -0.2) is 0 Å². The fourth-order valence-electron chi connectivity index (χ4n) is 1.09. The lowest BCUT2D eigenvalue weighted by Gasteiger charge is -2.07. The molecule has 1 aliphatic carbocycles. The number of ether oxygens (including phenoxy) is 1. The molecule has 1 unspecified atom stereocenters. The van der Waals surface area contributed by atoms with Gasteiger partial charge < -0.3 is 9.53 Å². The second-order valence-electron chi connectivity index (χ2n) is 3.38. The molecule has 0 bridgehead atoms. The van der Waals surface area contributed by atoms with Crippen molar-refractivity contribution in [2.24, 2.45) is 11.3 Å². The molecular formula is C8H12O3. The van der Waals surface area contributed by atoms with Crippen LogP contribution in [0.2, 0.25) is 0 Å². The van der Waals surface area contributed by atoms with Crippen molar-refractivity contribution in [3.05, 3.63) is 0 Å². The summed E-state index contributed by atoms with van der Waals surface area (Å²) in [5, 5.41) is 0. The maximum absolute atomic E-state index is 10.4. The minimum atomic E-state index is -0.275. The summed E-state index contributed by atoms with van der Waals surface area (Å²) in [6.45, 7) is 3.71. The lowest BCUT2D eigenvalue weighted by atomic mass is 10.1. The summed E-state index contributed by atoms with van der Waals surface area (Å²) in [5.41, 5.74) is -0.0621. The smallest absolute Gasteiger partial charge is 0.302 e. The summed E-state index contributed by atoms with van der Waals surface area (Å²) in [6.07, 6.45) is 1.78. The van der Waals surface area contributed by atoms with E-state index in [0.717, 1.165) is 12.7 Å². The molecule has 0 radical (unpaired) electrons. The molecule has 0 N–H and O–H groups in total. The number of hydrogen-bond donors (Lipinski definition) is 0. The van der Waals surface area contributed by atoms with Crippen LogP contribution in [0.15, 0.2) is 0 Å². The fraction of sp³-hybridized carbons (Fsp3) is 0.750. The largest absolute Gasteiger partial charge is 0.465 e. The molecule has 0 aromatic carbocycles. The van der Waals surface area contributed by atoms with Gasteiger partial charge in [0.1, 0.15) is 6.29 Å². The molecule has 1 aliphatic rings. The molecule has 0 saturated heterocycles. The number of aldehydes is 1. The maximum Gasteiger partial charge on any atom is 0.302 e. The third-order valence-corrected chi connectivity index (χ3v) is 2.19.